The first kappa shape index (κ1) is 27.4. The molecular formula is C31H33N7O3. The van der Waals surface area contributed by atoms with Crippen molar-refractivity contribution in [2.75, 3.05) is 41.8 Å². The Bertz CT molecular complexity index is 1640. The van der Waals surface area contributed by atoms with Gasteiger partial charge >= 0.3 is 0 Å². The summed E-state index contributed by atoms with van der Waals surface area (Å²) < 4.78 is 0. The van der Waals surface area contributed by atoms with Gasteiger partial charge < -0.3 is 31.6 Å². The van der Waals surface area contributed by atoms with Crippen LogP contribution in [0.4, 0.5) is 28.6 Å². The largest absolute Gasteiger partial charge is 0.398 e. The van der Waals surface area contributed by atoms with Gasteiger partial charge in [-0.25, -0.2) is 4.98 Å². The number of aromatic amines is 1. The Balaban J connectivity index is 1.35. The van der Waals surface area contributed by atoms with Crippen molar-refractivity contribution in [1.82, 2.24) is 14.9 Å². The Labute approximate surface area is 238 Å². The molecule has 1 aliphatic rings. The van der Waals surface area contributed by atoms with Gasteiger partial charge in [-0.15, -0.1) is 0 Å². The molecule has 0 atom stereocenters. The third kappa shape index (κ3) is 6.06. The molecule has 1 saturated heterocycles. The fourth-order valence-electron chi connectivity index (χ4n) is 4.90. The highest BCUT2D eigenvalue weighted by atomic mass is 16.2. The van der Waals surface area contributed by atoms with E-state index in [1.54, 1.807) is 30.3 Å². The van der Waals surface area contributed by atoms with Crippen LogP contribution in [-0.2, 0) is 0 Å². The standard InChI is InChI=1S/C31H33N7O3/c1-19-23(7-6-8-26(19)37-29(39)20-9-11-21(33-2)12-10-20)27-18-34-30(40)28(36-27)35-22-13-14-24(25(32)17-22)31(41)38-15-4-3-5-16-38/h6-14,17-18,33H,3-5,15-16,32H2,1-2H3,(H,34,40)(H,35,36)(H,37,39). The maximum absolute atomic E-state index is 12.9. The Hall–Kier alpha value is -5.12. The zero-order chi connectivity index (χ0) is 28.9. The lowest BCUT2D eigenvalue weighted by Gasteiger charge is -2.27. The van der Waals surface area contributed by atoms with Crippen molar-refractivity contribution in [3.63, 3.8) is 0 Å². The second-order valence-corrected chi connectivity index (χ2v) is 10.0. The first-order chi connectivity index (χ1) is 19.8. The van der Waals surface area contributed by atoms with Gasteiger partial charge in [-0.05, 0) is 80.3 Å². The molecule has 0 unspecified atom stereocenters. The Morgan fingerprint density at radius 3 is 2.41 bits per heavy atom. The number of carbonyl (C=O) groups excluding carboxylic acids is 2. The highest BCUT2D eigenvalue weighted by Gasteiger charge is 2.20. The van der Waals surface area contributed by atoms with Crippen molar-refractivity contribution in [2.24, 2.45) is 0 Å². The quantitative estimate of drug-likeness (QED) is 0.203. The Morgan fingerprint density at radius 1 is 0.976 bits per heavy atom. The lowest BCUT2D eigenvalue weighted by molar-refractivity contribution is 0.0725. The van der Waals surface area contributed by atoms with E-state index in [2.05, 4.69) is 25.9 Å². The summed E-state index contributed by atoms with van der Waals surface area (Å²) in [4.78, 5) is 47.5. The predicted octanol–water partition coefficient (Wildman–Crippen LogP) is 4.99. The number of carbonyl (C=O) groups is 2. The molecule has 0 radical (unpaired) electrons. The number of nitrogens with one attached hydrogen (secondary N) is 4. The molecule has 2 heterocycles. The number of likely N-dealkylation sites (tertiary alicyclic amines) is 1. The van der Waals surface area contributed by atoms with Crippen LogP contribution >= 0.6 is 0 Å². The van der Waals surface area contributed by atoms with Crippen molar-refractivity contribution in [3.05, 3.63) is 93.9 Å². The van der Waals surface area contributed by atoms with Gasteiger partial charge in [-0.1, -0.05) is 12.1 Å². The maximum Gasteiger partial charge on any atom is 0.291 e. The van der Waals surface area contributed by atoms with Gasteiger partial charge in [0.1, 0.15) is 0 Å². The van der Waals surface area contributed by atoms with E-state index in [-0.39, 0.29) is 17.6 Å². The second kappa shape index (κ2) is 12.0. The van der Waals surface area contributed by atoms with Gasteiger partial charge in [-0.2, -0.15) is 0 Å². The minimum Gasteiger partial charge on any atom is -0.398 e. The van der Waals surface area contributed by atoms with Gasteiger partial charge in [0.15, 0.2) is 5.82 Å². The molecule has 10 nitrogen and oxygen atoms in total. The molecule has 10 heteroatoms. The van der Waals surface area contributed by atoms with E-state index in [4.69, 9.17) is 5.73 Å². The van der Waals surface area contributed by atoms with Crippen LogP contribution in [0.25, 0.3) is 11.3 Å². The zero-order valence-electron chi connectivity index (χ0n) is 23.1. The third-order valence-electron chi connectivity index (χ3n) is 7.27. The van der Waals surface area contributed by atoms with Crippen molar-refractivity contribution in [3.8, 4) is 11.3 Å². The van der Waals surface area contributed by atoms with Crippen LogP contribution in [0.2, 0.25) is 0 Å². The molecule has 0 spiro atoms. The van der Waals surface area contributed by atoms with E-state index in [0.29, 0.717) is 33.9 Å². The molecule has 0 aliphatic carbocycles. The van der Waals surface area contributed by atoms with Gasteiger partial charge in [0.2, 0.25) is 0 Å². The minimum atomic E-state index is -0.409. The van der Waals surface area contributed by atoms with Gasteiger partial charge in [0, 0.05) is 60.2 Å². The van der Waals surface area contributed by atoms with E-state index in [0.717, 1.165) is 49.2 Å². The van der Waals surface area contributed by atoms with Gasteiger partial charge in [0.05, 0.1) is 11.3 Å². The lowest BCUT2D eigenvalue weighted by Crippen LogP contribution is -2.35. The Morgan fingerprint density at radius 2 is 1.71 bits per heavy atom. The van der Waals surface area contributed by atoms with Crippen molar-refractivity contribution < 1.29 is 9.59 Å². The molecule has 4 aromatic rings. The molecule has 1 aromatic heterocycles. The number of aromatic nitrogens is 2. The maximum atomic E-state index is 12.9. The average molecular weight is 552 g/mol. The highest BCUT2D eigenvalue weighted by molar-refractivity contribution is 6.05. The van der Waals surface area contributed by atoms with Crippen LogP contribution in [0.3, 0.4) is 0 Å². The molecule has 1 fully saturated rings. The van der Waals surface area contributed by atoms with Crippen LogP contribution in [0.15, 0.2) is 71.7 Å². The van der Waals surface area contributed by atoms with Crippen molar-refractivity contribution in [2.45, 2.75) is 26.2 Å². The normalized spacial score (nSPS) is 13.0. The summed E-state index contributed by atoms with van der Waals surface area (Å²) in [5.74, 6) is -0.232. The number of hydrogen-bond donors (Lipinski definition) is 5. The van der Waals surface area contributed by atoms with Crippen LogP contribution in [-0.4, -0.2) is 46.8 Å². The number of rotatable bonds is 7. The smallest absolute Gasteiger partial charge is 0.291 e. The number of nitrogens with two attached hydrogens (primary N) is 1. The molecule has 1 aliphatic heterocycles. The lowest BCUT2D eigenvalue weighted by atomic mass is 10.0. The average Bonchev–Trinajstić information content (AvgIpc) is 2.99. The summed E-state index contributed by atoms with van der Waals surface area (Å²) in [6, 6.07) is 17.7. The molecule has 5 rings (SSSR count). The molecular weight excluding hydrogens is 518 g/mol. The summed E-state index contributed by atoms with van der Waals surface area (Å²) in [6.45, 7) is 3.35. The van der Waals surface area contributed by atoms with Crippen molar-refractivity contribution in [1.29, 1.82) is 0 Å². The van der Waals surface area contributed by atoms with Gasteiger partial charge in [-0.3, -0.25) is 14.4 Å². The van der Waals surface area contributed by atoms with E-state index >= 15 is 0 Å². The molecule has 0 saturated carbocycles. The summed E-state index contributed by atoms with van der Waals surface area (Å²) in [7, 11) is 1.82. The van der Waals surface area contributed by atoms with E-state index < -0.39 is 5.56 Å². The van der Waals surface area contributed by atoms with Gasteiger partial charge in [0.25, 0.3) is 17.4 Å². The van der Waals surface area contributed by atoms with E-state index in [1.165, 1.54) is 6.20 Å². The summed E-state index contributed by atoms with van der Waals surface area (Å²) in [5, 5.41) is 9.03. The second-order valence-electron chi connectivity index (χ2n) is 10.0. The number of nitrogens with zero attached hydrogens (tertiary/aromatic N) is 2. The summed E-state index contributed by atoms with van der Waals surface area (Å²) in [6.07, 6.45) is 4.66. The molecule has 3 aromatic carbocycles. The first-order valence-corrected chi connectivity index (χ1v) is 13.6. The molecule has 0 bridgehead atoms. The zero-order valence-corrected chi connectivity index (χ0v) is 23.1. The summed E-state index contributed by atoms with van der Waals surface area (Å²) in [5.41, 5.74) is 11.3. The topological polar surface area (TPSA) is 145 Å². The van der Waals surface area contributed by atoms with Crippen LogP contribution in [0, 0.1) is 6.92 Å². The number of H-pyrrole nitrogens is 1. The minimum absolute atomic E-state index is 0.0791. The molecule has 2 amide bonds. The van der Waals surface area contributed by atoms with Crippen LogP contribution in [0.5, 0.6) is 0 Å². The highest BCUT2D eigenvalue weighted by Crippen LogP contribution is 2.29. The predicted molar refractivity (Wildman–Crippen MR) is 163 cm³/mol. The summed E-state index contributed by atoms with van der Waals surface area (Å²) >= 11 is 0. The SMILES string of the molecule is CNc1ccc(C(=O)Nc2cccc(-c3c[nH]c(=O)c(Nc4ccc(C(=O)N5CCCCC5)c(N)c4)n3)c2C)cc1. The molecule has 210 valence electrons. The Kier molecular flexibility index (Phi) is 8.00. The third-order valence-corrected chi connectivity index (χ3v) is 7.27. The van der Waals surface area contributed by atoms with Crippen LogP contribution < -0.4 is 27.2 Å². The number of piperidine rings is 1. The van der Waals surface area contributed by atoms with E-state index in [1.807, 2.05) is 49.2 Å². The molecule has 6 N–H and O–H groups in total. The van der Waals surface area contributed by atoms with Crippen molar-refractivity contribution >= 4 is 40.4 Å². The number of benzene rings is 3. The van der Waals surface area contributed by atoms with Crippen LogP contribution in [0.1, 0.15) is 45.5 Å². The fourth-order valence-corrected chi connectivity index (χ4v) is 4.90. The molecule has 41 heavy (non-hydrogen) atoms. The van der Waals surface area contributed by atoms with E-state index in [9.17, 15) is 14.4 Å². The monoisotopic (exact) mass is 551 g/mol. The number of amides is 2. The first-order valence-electron chi connectivity index (χ1n) is 13.6. The number of nitrogen functional groups attached to an aromatic ring is 1. The number of hydrogen-bond acceptors (Lipinski definition) is 7. The fraction of sp³-hybridized carbons (Fsp3) is 0.226. The number of anilines is 5.